The maximum Gasteiger partial charge on any atom is 0.348 e. The van der Waals surface area contributed by atoms with Gasteiger partial charge in [0.05, 0.1) is 22.3 Å². The second-order valence-corrected chi connectivity index (χ2v) is 4.22. The summed E-state index contributed by atoms with van der Waals surface area (Å²) in [6.07, 6.45) is 1.51. The Hall–Kier alpha value is -3.03. The van der Waals surface area contributed by atoms with Gasteiger partial charge < -0.3 is 0 Å². The predicted octanol–water partition coefficient (Wildman–Crippen LogP) is 1.30. The molecule has 3 aromatic rings. The zero-order chi connectivity index (χ0) is 14.3. The van der Waals surface area contributed by atoms with Crippen LogP contribution in [-0.4, -0.2) is 24.5 Å². The fraction of sp³-hybridized carbons (Fsp3) is 0.0833. The third-order valence-corrected chi connectivity index (χ3v) is 2.98. The first kappa shape index (κ1) is 12.0. The van der Waals surface area contributed by atoms with E-state index in [0.717, 1.165) is 0 Å². The topological polar surface area (TPSA) is 106 Å². The van der Waals surface area contributed by atoms with Crippen LogP contribution in [0.5, 0.6) is 0 Å². The van der Waals surface area contributed by atoms with Gasteiger partial charge in [-0.3, -0.25) is 10.1 Å². The zero-order valence-electron chi connectivity index (χ0n) is 10.4. The van der Waals surface area contributed by atoms with Crippen LogP contribution in [0.3, 0.4) is 0 Å². The van der Waals surface area contributed by atoms with Crippen LogP contribution >= 0.6 is 0 Å². The van der Waals surface area contributed by atoms with Gasteiger partial charge in [0, 0.05) is 17.7 Å². The Morgan fingerprint density at radius 1 is 1.30 bits per heavy atom. The summed E-state index contributed by atoms with van der Waals surface area (Å²) < 4.78 is 1.39. The van der Waals surface area contributed by atoms with Crippen molar-refractivity contribution in [3.63, 3.8) is 0 Å². The predicted molar refractivity (Wildman–Crippen MR) is 70.4 cm³/mol. The first-order chi connectivity index (χ1) is 9.58. The van der Waals surface area contributed by atoms with Crippen molar-refractivity contribution in [2.75, 3.05) is 0 Å². The zero-order valence-corrected chi connectivity index (χ0v) is 10.4. The van der Waals surface area contributed by atoms with Crippen LogP contribution < -0.4 is 5.69 Å². The molecule has 0 amide bonds. The number of fused-ring (bicyclic) bond motifs is 1. The van der Waals surface area contributed by atoms with Crippen molar-refractivity contribution in [3.8, 4) is 11.4 Å². The minimum absolute atomic E-state index is 0.0121. The van der Waals surface area contributed by atoms with Crippen LogP contribution in [-0.2, 0) is 0 Å². The Kier molecular flexibility index (Phi) is 2.56. The van der Waals surface area contributed by atoms with Crippen molar-refractivity contribution in [1.82, 2.24) is 19.6 Å². The third kappa shape index (κ3) is 1.74. The number of aromatic nitrogens is 4. The number of nitrogens with zero attached hydrogens (tertiary/aromatic N) is 4. The Balaban J connectivity index is 2.24. The van der Waals surface area contributed by atoms with Gasteiger partial charge in [0.2, 0.25) is 0 Å². The molecular formula is C12H9N5O3. The van der Waals surface area contributed by atoms with E-state index >= 15 is 0 Å². The summed E-state index contributed by atoms with van der Waals surface area (Å²) in [6.45, 7) is 1.77. The highest BCUT2D eigenvalue weighted by Crippen LogP contribution is 2.22. The molecule has 0 bridgehead atoms. The summed E-state index contributed by atoms with van der Waals surface area (Å²) in [4.78, 5) is 26.4. The molecule has 1 aromatic carbocycles. The Bertz CT molecular complexity index is 863. The summed E-state index contributed by atoms with van der Waals surface area (Å²) in [6, 6.07) is 5.88. The average molecular weight is 271 g/mol. The van der Waals surface area contributed by atoms with E-state index in [4.69, 9.17) is 0 Å². The monoisotopic (exact) mass is 271 g/mol. The first-order valence-corrected chi connectivity index (χ1v) is 5.75. The number of imidazole rings is 1. The number of H-pyrrole nitrogens is 1. The van der Waals surface area contributed by atoms with Crippen molar-refractivity contribution in [1.29, 1.82) is 0 Å². The van der Waals surface area contributed by atoms with Crippen LogP contribution in [0.15, 0.2) is 35.3 Å². The number of nitrogens with one attached hydrogen (secondary N) is 1. The van der Waals surface area contributed by atoms with Gasteiger partial charge in [0.1, 0.15) is 5.82 Å². The van der Waals surface area contributed by atoms with Gasteiger partial charge >= 0.3 is 5.69 Å². The smallest absolute Gasteiger partial charge is 0.258 e. The lowest BCUT2D eigenvalue weighted by Gasteiger charge is -1.99. The largest absolute Gasteiger partial charge is 0.348 e. The molecule has 0 radical (unpaired) electrons. The summed E-state index contributed by atoms with van der Waals surface area (Å²) in [5.41, 5.74) is 1.47. The molecular weight excluding hydrogens is 262 g/mol. The van der Waals surface area contributed by atoms with E-state index in [1.807, 2.05) is 0 Å². The summed E-state index contributed by atoms with van der Waals surface area (Å²) in [5.74, 6) is 0.427. The first-order valence-electron chi connectivity index (χ1n) is 5.75. The number of benzene rings is 1. The molecule has 2 heterocycles. The average Bonchev–Trinajstić information content (AvgIpc) is 2.78. The van der Waals surface area contributed by atoms with Crippen LogP contribution in [0.1, 0.15) is 5.69 Å². The summed E-state index contributed by atoms with van der Waals surface area (Å²) >= 11 is 0. The lowest BCUT2D eigenvalue weighted by Crippen LogP contribution is -2.17. The van der Waals surface area contributed by atoms with Gasteiger partial charge in [0.25, 0.3) is 5.69 Å². The fourth-order valence-corrected chi connectivity index (χ4v) is 2.02. The van der Waals surface area contributed by atoms with E-state index in [2.05, 4.69) is 15.2 Å². The van der Waals surface area contributed by atoms with Crippen molar-refractivity contribution >= 4 is 11.2 Å². The molecule has 100 valence electrons. The number of hydrogen-bond acceptors (Lipinski definition) is 5. The molecule has 0 aliphatic carbocycles. The van der Waals surface area contributed by atoms with Crippen molar-refractivity contribution < 1.29 is 4.92 Å². The van der Waals surface area contributed by atoms with Gasteiger partial charge in [-0.25, -0.2) is 19.3 Å². The van der Waals surface area contributed by atoms with Gasteiger partial charge in [-0.2, -0.15) is 5.10 Å². The van der Waals surface area contributed by atoms with E-state index in [1.54, 1.807) is 19.1 Å². The maximum atomic E-state index is 11.9. The summed E-state index contributed by atoms with van der Waals surface area (Å²) in [7, 11) is 0. The Labute approximate surface area is 111 Å². The maximum absolute atomic E-state index is 11.9. The molecule has 20 heavy (non-hydrogen) atoms. The molecule has 0 atom stereocenters. The quantitative estimate of drug-likeness (QED) is 0.558. The molecule has 0 spiro atoms. The van der Waals surface area contributed by atoms with Gasteiger partial charge in [0.15, 0.2) is 0 Å². The van der Waals surface area contributed by atoms with Crippen LogP contribution in [0, 0.1) is 17.0 Å². The molecule has 8 nitrogen and oxygen atoms in total. The number of nitro benzene ring substituents is 1. The van der Waals surface area contributed by atoms with E-state index in [-0.39, 0.29) is 5.69 Å². The van der Waals surface area contributed by atoms with Crippen molar-refractivity contribution in [3.05, 3.63) is 56.8 Å². The molecule has 0 aliphatic rings. The number of hydrogen-bond donors (Lipinski definition) is 1. The Morgan fingerprint density at radius 2 is 2.00 bits per heavy atom. The van der Waals surface area contributed by atoms with Crippen LogP contribution in [0.25, 0.3) is 16.9 Å². The van der Waals surface area contributed by atoms with Crippen LogP contribution in [0.4, 0.5) is 5.69 Å². The molecule has 1 N–H and O–H groups in total. The molecule has 2 aromatic heterocycles. The normalized spacial score (nSPS) is 10.8. The minimum atomic E-state index is -0.477. The second-order valence-electron chi connectivity index (χ2n) is 4.22. The van der Waals surface area contributed by atoms with E-state index < -0.39 is 10.6 Å². The molecule has 0 aliphatic heterocycles. The van der Waals surface area contributed by atoms with Gasteiger partial charge in [-0.05, 0) is 19.1 Å². The van der Waals surface area contributed by atoms with E-state index in [1.165, 1.54) is 22.7 Å². The van der Waals surface area contributed by atoms with E-state index in [0.29, 0.717) is 22.6 Å². The number of aryl methyl sites for hydroxylation is 1. The highest BCUT2D eigenvalue weighted by molar-refractivity contribution is 5.65. The molecule has 8 heteroatoms. The van der Waals surface area contributed by atoms with Crippen molar-refractivity contribution in [2.45, 2.75) is 6.92 Å². The minimum Gasteiger partial charge on any atom is -0.258 e. The number of aromatic amines is 1. The fourth-order valence-electron chi connectivity index (χ4n) is 2.02. The number of rotatable bonds is 2. The second kappa shape index (κ2) is 4.26. The molecule has 0 saturated heterocycles. The lowest BCUT2D eigenvalue weighted by atomic mass is 10.2. The highest BCUT2D eigenvalue weighted by atomic mass is 16.6. The number of non-ortho nitro benzene ring substituents is 1. The lowest BCUT2D eigenvalue weighted by molar-refractivity contribution is -0.384. The standard InChI is InChI=1S/C12H9N5O3/c1-7-10-6-13-15-12(18)16(10)11(14-7)8-2-4-9(5-3-8)17(19)20/h2-6H,1H3,(H,15,18). The third-order valence-electron chi connectivity index (χ3n) is 2.98. The van der Waals surface area contributed by atoms with Gasteiger partial charge in [-0.15, -0.1) is 0 Å². The van der Waals surface area contributed by atoms with Gasteiger partial charge in [-0.1, -0.05) is 0 Å². The molecule has 0 fully saturated rings. The molecule has 0 saturated carbocycles. The van der Waals surface area contributed by atoms with Crippen LogP contribution in [0.2, 0.25) is 0 Å². The summed E-state index contributed by atoms with van der Waals surface area (Å²) in [5, 5.41) is 16.7. The molecule has 3 rings (SSSR count). The molecule has 0 unspecified atom stereocenters. The number of nitro groups is 1. The van der Waals surface area contributed by atoms with Crippen molar-refractivity contribution in [2.24, 2.45) is 0 Å². The SMILES string of the molecule is Cc1nc(-c2ccc([N+](=O)[O-])cc2)n2c(=O)[nH]ncc12. The van der Waals surface area contributed by atoms with E-state index in [9.17, 15) is 14.9 Å². The Morgan fingerprint density at radius 3 is 2.65 bits per heavy atom. The highest BCUT2D eigenvalue weighted by Gasteiger charge is 2.14.